The Bertz CT molecular complexity index is 340. The van der Waals surface area contributed by atoms with E-state index in [0.717, 1.165) is 31.0 Å². The van der Waals surface area contributed by atoms with Gasteiger partial charge in [-0.25, -0.2) is 4.99 Å². The normalized spacial score (nSPS) is 32.4. The summed E-state index contributed by atoms with van der Waals surface area (Å²) in [6.07, 6.45) is 9.17. The minimum atomic E-state index is 0. The molecular formula is C16H31IN4. The van der Waals surface area contributed by atoms with E-state index >= 15 is 0 Å². The van der Waals surface area contributed by atoms with Crippen molar-refractivity contribution in [1.29, 1.82) is 0 Å². The van der Waals surface area contributed by atoms with Crippen LogP contribution in [0.3, 0.4) is 0 Å². The van der Waals surface area contributed by atoms with Crippen LogP contribution in [0.15, 0.2) is 4.99 Å². The van der Waals surface area contributed by atoms with Crippen LogP contribution in [0, 0.1) is 5.92 Å². The summed E-state index contributed by atoms with van der Waals surface area (Å²) in [4.78, 5) is 9.73. The number of halogens is 1. The third kappa shape index (κ3) is 4.47. The van der Waals surface area contributed by atoms with Gasteiger partial charge < -0.3 is 15.5 Å². The van der Waals surface area contributed by atoms with Crippen LogP contribution >= 0.6 is 24.0 Å². The number of nitrogens with zero attached hydrogens (tertiary/aromatic N) is 3. The van der Waals surface area contributed by atoms with Gasteiger partial charge in [0.25, 0.3) is 0 Å². The Balaban J connectivity index is 0.00000161. The van der Waals surface area contributed by atoms with Crippen molar-refractivity contribution in [2.75, 3.05) is 26.2 Å². The standard InChI is InChI=1S/C16H30N4.HI/c1-13-5-9-20(10-6-13)16(17)18-14-11-15(12-14)19-7-3-2-4-8-19;/h13-15H,2-12H2,1H3,(H2,17,18);1H. The highest BCUT2D eigenvalue weighted by Crippen LogP contribution is 2.30. The first-order valence-electron chi connectivity index (χ1n) is 8.54. The number of guanidine groups is 1. The SMILES string of the molecule is CC1CCN(C(N)=NC2CC(N3CCCCC3)C2)CC1.I. The van der Waals surface area contributed by atoms with E-state index in [1.165, 1.54) is 58.0 Å². The maximum atomic E-state index is 6.19. The Morgan fingerprint density at radius 3 is 2.24 bits per heavy atom. The molecule has 0 aromatic rings. The first-order chi connectivity index (χ1) is 9.72. The van der Waals surface area contributed by atoms with Gasteiger partial charge in [-0.1, -0.05) is 13.3 Å². The van der Waals surface area contributed by atoms with Gasteiger partial charge in [-0.2, -0.15) is 0 Å². The highest BCUT2D eigenvalue weighted by molar-refractivity contribution is 14.0. The van der Waals surface area contributed by atoms with E-state index in [4.69, 9.17) is 10.7 Å². The molecule has 0 aromatic carbocycles. The van der Waals surface area contributed by atoms with Crippen LogP contribution in [0.4, 0.5) is 0 Å². The quantitative estimate of drug-likeness (QED) is 0.436. The first-order valence-corrected chi connectivity index (χ1v) is 8.54. The van der Waals surface area contributed by atoms with Crippen molar-refractivity contribution < 1.29 is 0 Å². The van der Waals surface area contributed by atoms with Crippen molar-refractivity contribution in [2.24, 2.45) is 16.6 Å². The molecule has 0 radical (unpaired) electrons. The number of nitrogens with two attached hydrogens (primary N) is 1. The van der Waals surface area contributed by atoms with Crippen LogP contribution in [0.5, 0.6) is 0 Å². The lowest BCUT2D eigenvalue weighted by molar-refractivity contribution is 0.0907. The van der Waals surface area contributed by atoms with Gasteiger partial charge in [-0.3, -0.25) is 0 Å². The minimum Gasteiger partial charge on any atom is -0.370 e. The largest absolute Gasteiger partial charge is 0.370 e. The topological polar surface area (TPSA) is 44.9 Å². The van der Waals surface area contributed by atoms with Gasteiger partial charge >= 0.3 is 0 Å². The first kappa shape index (κ1) is 17.3. The number of likely N-dealkylation sites (tertiary alicyclic amines) is 2. The predicted molar refractivity (Wildman–Crippen MR) is 99.2 cm³/mol. The molecule has 5 heteroatoms. The van der Waals surface area contributed by atoms with Crippen molar-refractivity contribution in [2.45, 2.75) is 64.0 Å². The maximum absolute atomic E-state index is 6.19. The molecular weight excluding hydrogens is 375 g/mol. The second kappa shape index (κ2) is 7.99. The number of aliphatic imine (C=N–C) groups is 1. The monoisotopic (exact) mass is 406 g/mol. The van der Waals surface area contributed by atoms with Crippen LogP contribution in [0.2, 0.25) is 0 Å². The summed E-state index contributed by atoms with van der Waals surface area (Å²) < 4.78 is 0. The maximum Gasteiger partial charge on any atom is 0.191 e. The molecule has 2 heterocycles. The number of rotatable bonds is 2. The van der Waals surface area contributed by atoms with Gasteiger partial charge in [0.2, 0.25) is 0 Å². The van der Waals surface area contributed by atoms with Crippen LogP contribution in [0.25, 0.3) is 0 Å². The zero-order chi connectivity index (χ0) is 13.9. The van der Waals surface area contributed by atoms with E-state index in [1.807, 2.05) is 0 Å². The Morgan fingerprint density at radius 2 is 1.62 bits per heavy atom. The molecule has 1 aliphatic carbocycles. The molecule has 3 fully saturated rings. The van der Waals surface area contributed by atoms with Crippen molar-refractivity contribution in [3.05, 3.63) is 0 Å². The van der Waals surface area contributed by atoms with Gasteiger partial charge in [0.1, 0.15) is 0 Å². The highest BCUT2D eigenvalue weighted by atomic mass is 127. The molecule has 3 rings (SSSR count). The van der Waals surface area contributed by atoms with Crippen LogP contribution < -0.4 is 5.73 Å². The van der Waals surface area contributed by atoms with Crippen LogP contribution in [-0.4, -0.2) is 54.0 Å². The summed E-state index contributed by atoms with van der Waals surface area (Å²) in [6, 6.07) is 1.28. The molecule has 122 valence electrons. The summed E-state index contributed by atoms with van der Waals surface area (Å²) >= 11 is 0. The van der Waals surface area contributed by atoms with Gasteiger partial charge in [0, 0.05) is 19.1 Å². The van der Waals surface area contributed by atoms with E-state index in [9.17, 15) is 0 Å². The van der Waals surface area contributed by atoms with Gasteiger partial charge in [0.15, 0.2) is 5.96 Å². The molecule has 2 N–H and O–H groups in total. The van der Waals surface area contributed by atoms with Crippen LogP contribution in [-0.2, 0) is 0 Å². The molecule has 0 bridgehead atoms. The Hall–Kier alpha value is -0.0400. The van der Waals surface area contributed by atoms with E-state index in [0.29, 0.717) is 6.04 Å². The molecule has 0 amide bonds. The molecule has 21 heavy (non-hydrogen) atoms. The number of hydrogen-bond acceptors (Lipinski definition) is 2. The Morgan fingerprint density at radius 1 is 1.00 bits per heavy atom. The zero-order valence-electron chi connectivity index (χ0n) is 13.3. The second-order valence-corrected chi connectivity index (χ2v) is 7.03. The van der Waals surface area contributed by atoms with Crippen molar-refractivity contribution in [3.8, 4) is 0 Å². The summed E-state index contributed by atoms with van der Waals surface area (Å²) in [7, 11) is 0. The fourth-order valence-corrected chi connectivity index (χ4v) is 3.75. The summed E-state index contributed by atoms with van der Waals surface area (Å²) in [5.74, 6) is 1.66. The van der Waals surface area contributed by atoms with Crippen molar-refractivity contribution in [1.82, 2.24) is 9.80 Å². The number of piperidine rings is 2. The minimum absolute atomic E-state index is 0. The van der Waals surface area contributed by atoms with E-state index in [-0.39, 0.29) is 24.0 Å². The van der Waals surface area contributed by atoms with E-state index in [2.05, 4.69) is 16.7 Å². The van der Waals surface area contributed by atoms with E-state index in [1.54, 1.807) is 0 Å². The Labute approximate surface area is 146 Å². The Kier molecular flexibility index (Phi) is 6.59. The lowest BCUT2D eigenvalue weighted by atomic mass is 9.85. The van der Waals surface area contributed by atoms with Gasteiger partial charge in [0.05, 0.1) is 6.04 Å². The highest BCUT2D eigenvalue weighted by Gasteiger charge is 2.34. The third-order valence-corrected chi connectivity index (χ3v) is 5.42. The lowest BCUT2D eigenvalue weighted by Crippen LogP contribution is -2.50. The smallest absolute Gasteiger partial charge is 0.191 e. The zero-order valence-corrected chi connectivity index (χ0v) is 15.7. The molecule has 0 aromatic heterocycles. The molecule has 4 nitrogen and oxygen atoms in total. The van der Waals surface area contributed by atoms with Crippen LogP contribution in [0.1, 0.15) is 51.9 Å². The molecule has 3 aliphatic rings. The molecule has 0 spiro atoms. The fraction of sp³-hybridized carbons (Fsp3) is 0.938. The summed E-state index contributed by atoms with van der Waals surface area (Å²) in [6.45, 7) is 7.14. The second-order valence-electron chi connectivity index (χ2n) is 7.03. The summed E-state index contributed by atoms with van der Waals surface area (Å²) in [5, 5.41) is 0. The predicted octanol–water partition coefficient (Wildman–Crippen LogP) is 2.67. The molecule has 0 unspecified atom stereocenters. The van der Waals surface area contributed by atoms with Gasteiger partial charge in [-0.15, -0.1) is 24.0 Å². The summed E-state index contributed by atoms with van der Waals surface area (Å²) in [5.41, 5.74) is 6.19. The number of hydrogen-bond donors (Lipinski definition) is 1. The van der Waals surface area contributed by atoms with Crippen molar-refractivity contribution in [3.63, 3.8) is 0 Å². The average Bonchev–Trinajstić information content (AvgIpc) is 2.44. The van der Waals surface area contributed by atoms with Gasteiger partial charge in [-0.05, 0) is 57.5 Å². The molecule has 2 aliphatic heterocycles. The molecule has 0 atom stereocenters. The average molecular weight is 406 g/mol. The molecule has 2 saturated heterocycles. The fourth-order valence-electron chi connectivity index (χ4n) is 3.75. The van der Waals surface area contributed by atoms with Crippen molar-refractivity contribution >= 4 is 29.9 Å². The van der Waals surface area contributed by atoms with E-state index < -0.39 is 0 Å². The molecule has 1 saturated carbocycles. The third-order valence-electron chi connectivity index (χ3n) is 5.42. The lowest BCUT2D eigenvalue weighted by Gasteiger charge is -2.43.